The quantitative estimate of drug-likeness (QED) is 0.835. The lowest BCUT2D eigenvalue weighted by Gasteiger charge is -2.27. The van der Waals surface area contributed by atoms with Gasteiger partial charge in [-0.25, -0.2) is 13.4 Å². The highest BCUT2D eigenvalue weighted by molar-refractivity contribution is 7.89. The smallest absolute Gasteiger partial charge is 0.247 e. The first kappa shape index (κ1) is 14.0. The maximum absolute atomic E-state index is 12.7. The second-order valence-electron chi connectivity index (χ2n) is 4.69. The van der Waals surface area contributed by atoms with Crippen molar-refractivity contribution in [2.24, 2.45) is 0 Å². The maximum atomic E-state index is 12.7. The van der Waals surface area contributed by atoms with Crippen LogP contribution in [-0.4, -0.2) is 30.3 Å². The monoisotopic (exact) mass is 281 g/mol. The van der Waals surface area contributed by atoms with Gasteiger partial charge in [-0.05, 0) is 25.0 Å². The third-order valence-corrected chi connectivity index (χ3v) is 5.39. The fraction of sp³-hybridized carbons (Fsp3) is 0.462. The molecule has 0 atom stereocenters. The van der Waals surface area contributed by atoms with E-state index in [9.17, 15) is 8.42 Å². The van der Waals surface area contributed by atoms with Crippen molar-refractivity contribution in [1.82, 2.24) is 9.29 Å². The average molecular weight is 281 g/mol. The molecule has 1 aromatic rings. The molecule has 6 heteroatoms. The first-order valence-corrected chi connectivity index (χ1v) is 7.84. The van der Waals surface area contributed by atoms with Crippen molar-refractivity contribution in [3.8, 4) is 0 Å². The Morgan fingerprint density at radius 2 is 2.16 bits per heavy atom. The minimum Gasteiger partial charge on any atom is -0.383 e. The fourth-order valence-corrected chi connectivity index (χ4v) is 4.24. The predicted molar refractivity (Wildman–Crippen MR) is 75.0 cm³/mol. The summed E-state index contributed by atoms with van der Waals surface area (Å²) in [5.41, 5.74) is 5.70. The zero-order valence-corrected chi connectivity index (χ0v) is 11.6. The summed E-state index contributed by atoms with van der Waals surface area (Å²) in [6.07, 6.45) is 7.03. The lowest BCUT2D eigenvalue weighted by Crippen LogP contribution is -2.39. The van der Waals surface area contributed by atoms with Gasteiger partial charge in [0.15, 0.2) is 0 Å². The van der Waals surface area contributed by atoms with E-state index in [0.717, 1.165) is 25.7 Å². The third kappa shape index (κ3) is 2.79. The number of nitrogens with zero attached hydrogens (tertiary/aromatic N) is 2. The van der Waals surface area contributed by atoms with Crippen molar-refractivity contribution in [3.05, 3.63) is 31.0 Å². The molecule has 0 saturated heterocycles. The summed E-state index contributed by atoms with van der Waals surface area (Å²) >= 11 is 0. The molecule has 1 aromatic heterocycles. The minimum atomic E-state index is -3.60. The average Bonchev–Trinajstić information content (AvgIpc) is 2.89. The molecule has 1 aliphatic carbocycles. The van der Waals surface area contributed by atoms with E-state index in [-0.39, 0.29) is 16.8 Å². The van der Waals surface area contributed by atoms with Gasteiger partial charge in [-0.15, -0.1) is 6.58 Å². The van der Waals surface area contributed by atoms with Gasteiger partial charge in [0, 0.05) is 18.8 Å². The Morgan fingerprint density at radius 1 is 1.47 bits per heavy atom. The third-order valence-electron chi connectivity index (χ3n) is 3.43. The number of hydrogen-bond acceptors (Lipinski definition) is 4. The summed E-state index contributed by atoms with van der Waals surface area (Å²) in [5, 5.41) is 0. The highest BCUT2D eigenvalue weighted by atomic mass is 32.2. The van der Waals surface area contributed by atoms with E-state index in [4.69, 9.17) is 5.73 Å². The Hall–Kier alpha value is -1.40. The van der Waals surface area contributed by atoms with E-state index in [1.165, 1.54) is 16.6 Å². The fourth-order valence-electron chi connectivity index (χ4n) is 2.51. The zero-order valence-electron chi connectivity index (χ0n) is 10.8. The number of sulfonamides is 1. The zero-order chi connectivity index (χ0) is 13.9. The van der Waals surface area contributed by atoms with Gasteiger partial charge in [0.1, 0.15) is 10.7 Å². The molecule has 1 saturated carbocycles. The van der Waals surface area contributed by atoms with Gasteiger partial charge in [0.05, 0.1) is 0 Å². The highest BCUT2D eigenvalue weighted by Crippen LogP contribution is 2.29. The van der Waals surface area contributed by atoms with Crippen LogP contribution in [0.25, 0.3) is 0 Å². The predicted octanol–water partition coefficient (Wildman–Crippen LogP) is 1.78. The normalized spacial score (nSPS) is 16.9. The molecule has 0 bridgehead atoms. The molecular formula is C13H19N3O2S. The van der Waals surface area contributed by atoms with Gasteiger partial charge in [0.2, 0.25) is 10.0 Å². The molecule has 0 spiro atoms. The van der Waals surface area contributed by atoms with Crippen LogP contribution in [-0.2, 0) is 10.0 Å². The lowest BCUT2D eigenvalue weighted by atomic mass is 10.2. The number of aromatic nitrogens is 1. The number of nitrogens with two attached hydrogens (primary N) is 1. The molecule has 2 N–H and O–H groups in total. The highest BCUT2D eigenvalue weighted by Gasteiger charge is 2.33. The van der Waals surface area contributed by atoms with Gasteiger partial charge in [0.25, 0.3) is 0 Å². The van der Waals surface area contributed by atoms with Crippen LogP contribution >= 0.6 is 0 Å². The van der Waals surface area contributed by atoms with E-state index >= 15 is 0 Å². The van der Waals surface area contributed by atoms with Gasteiger partial charge >= 0.3 is 0 Å². The molecular weight excluding hydrogens is 262 g/mol. The van der Waals surface area contributed by atoms with E-state index in [1.807, 2.05) is 0 Å². The molecule has 1 fully saturated rings. The number of hydrogen-bond donors (Lipinski definition) is 1. The maximum Gasteiger partial charge on any atom is 0.247 e. The summed E-state index contributed by atoms with van der Waals surface area (Å²) in [6, 6.07) is 3.13. The Labute approximate surface area is 114 Å². The second kappa shape index (κ2) is 5.71. The summed E-state index contributed by atoms with van der Waals surface area (Å²) in [4.78, 5) is 3.95. The summed E-state index contributed by atoms with van der Waals surface area (Å²) in [7, 11) is -3.60. The molecule has 104 valence electrons. The molecule has 0 aromatic carbocycles. The second-order valence-corrected chi connectivity index (χ2v) is 6.55. The molecule has 2 rings (SSSR count). The van der Waals surface area contributed by atoms with Crippen molar-refractivity contribution in [2.45, 2.75) is 36.6 Å². The lowest BCUT2D eigenvalue weighted by molar-refractivity contribution is 0.348. The first-order valence-electron chi connectivity index (χ1n) is 6.40. The molecule has 0 unspecified atom stereocenters. The van der Waals surface area contributed by atoms with Gasteiger partial charge in [-0.2, -0.15) is 4.31 Å². The van der Waals surface area contributed by atoms with Crippen molar-refractivity contribution in [2.75, 3.05) is 12.3 Å². The van der Waals surface area contributed by atoms with E-state index < -0.39 is 10.0 Å². The van der Waals surface area contributed by atoms with E-state index in [2.05, 4.69) is 11.6 Å². The molecule has 1 heterocycles. The first-order chi connectivity index (χ1) is 9.07. The number of pyridine rings is 1. The van der Waals surface area contributed by atoms with Crippen LogP contribution < -0.4 is 5.73 Å². The van der Waals surface area contributed by atoms with Crippen LogP contribution in [0.3, 0.4) is 0 Å². The Bertz CT molecular complexity index is 551. The van der Waals surface area contributed by atoms with Crippen LogP contribution in [0.4, 0.5) is 5.82 Å². The summed E-state index contributed by atoms with van der Waals surface area (Å²) < 4.78 is 26.9. The SMILES string of the molecule is C=CCN(C1CCCC1)S(=O)(=O)c1cccnc1N. The topological polar surface area (TPSA) is 76.3 Å². The van der Waals surface area contributed by atoms with Crippen LogP contribution in [0.5, 0.6) is 0 Å². The molecule has 5 nitrogen and oxygen atoms in total. The number of rotatable bonds is 5. The Balaban J connectivity index is 2.39. The van der Waals surface area contributed by atoms with Gasteiger partial charge in [-0.1, -0.05) is 18.9 Å². The minimum absolute atomic E-state index is 0.0441. The molecule has 0 aliphatic heterocycles. The van der Waals surface area contributed by atoms with Crippen LogP contribution in [0, 0.1) is 0 Å². The molecule has 19 heavy (non-hydrogen) atoms. The van der Waals surface area contributed by atoms with Gasteiger partial charge in [-0.3, -0.25) is 0 Å². The Morgan fingerprint density at radius 3 is 2.74 bits per heavy atom. The van der Waals surface area contributed by atoms with Crippen molar-refractivity contribution < 1.29 is 8.42 Å². The summed E-state index contributed by atoms with van der Waals surface area (Å²) in [6.45, 7) is 3.96. The van der Waals surface area contributed by atoms with E-state index in [0.29, 0.717) is 6.54 Å². The summed E-state index contributed by atoms with van der Waals surface area (Å²) in [5.74, 6) is 0.0505. The van der Waals surface area contributed by atoms with Crippen LogP contribution in [0.2, 0.25) is 0 Å². The molecule has 0 radical (unpaired) electrons. The van der Waals surface area contributed by atoms with Crippen molar-refractivity contribution in [1.29, 1.82) is 0 Å². The Kier molecular flexibility index (Phi) is 4.21. The van der Waals surface area contributed by atoms with Crippen LogP contribution in [0.15, 0.2) is 35.9 Å². The number of anilines is 1. The molecule has 0 amide bonds. The molecule has 1 aliphatic rings. The number of nitrogen functional groups attached to an aromatic ring is 1. The van der Waals surface area contributed by atoms with E-state index in [1.54, 1.807) is 12.1 Å². The van der Waals surface area contributed by atoms with Gasteiger partial charge < -0.3 is 5.73 Å². The standard InChI is InChI=1S/C13H19N3O2S/c1-2-10-16(11-6-3-4-7-11)19(17,18)12-8-5-9-15-13(12)14/h2,5,8-9,11H,1,3-4,6-7,10H2,(H2,14,15). The van der Waals surface area contributed by atoms with Crippen molar-refractivity contribution >= 4 is 15.8 Å². The largest absolute Gasteiger partial charge is 0.383 e. The van der Waals surface area contributed by atoms with Crippen LogP contribution in [0.1, 0.15) is 25.7 Å². The van der Waals surface area contributed by atoms with Crippen molar-refractivity contribution in [3.63, 3.8) is 0 Å².